The van der Waals surface area contributed by atoms with Gasteiger partial charge in [0.05, 0.1) is 5.52 Å². The van der Waals surface area contributed by atoms with E-state index in [9.17, 15) is 23.2 Å². The molecule has 0 spiro atoms. The Morgan fingerprint density at radius 2 is 1.70 bits per heavy atom. The van der Waals surface area contributed by atoms with Gasteiger partial charge in [-0.05, 0) is 43.1 Å². The highest BCUT2D eigenvalue weighted by atomic mass is 19.3. The lowest BCUT2D eigenvalue weighted by Gasteiger charge is -2.30. The molecule has 1 aromatic heterocycles. The van der Waals surface area contributed by atoms with Crippen LogP contribution in [0.25, 0.3) is 10.9 Å². The molecule has 0 radical (unpaired) electrons. The fourth-order valence-corrected chi connectivity index (χ4v) is 4.80. The number of rotatable bonds is 9. The van der Waals surface area contributed by atoms with E-state index in [2.05, 4.69) is 21.0 Å². The summed E-state index contributed by atoms with van der Waals surface area (Å²) in [4.78, 5) is 38.2. The normalized spacial score (nSPS) is 18.8. The second kappa shape index (κ2) is 10.8. The van der Waals surface area contributed by atoms with Gasteiger partial charge in [-0.3, -0.25) is 19.1 Å². The average Bonchev–Trinajstić information content (AvgIpc) is 3.63. The zero-order valence-corrected chi connectivity index (χ0v) is 21.8. The number of aromatic nitrogens is 2. The monoisotopic (exact) mass is 517 g/mol. The maximum absolute atomic E-state index is 13.6. The van der Waals surface area contributed by atoms with E-state index in [4.69, 9.17) is 0 Å². The highest BCUT2D eigenvalue weighted by molar-refractivity contribution is 6.06. The van der Waals surface area contributed by atoms with Gasteiger partial charge in [0, 0.05) is 43.8 Å². The van der Waals surface area contributed by atoms with E-state index in [1.807, 2.05) is 39.0 Å². The molecule has 0 saturated heterocycles. The number of hydrogen-bond donors (Lipinski definition) is 3. The third kappa shape index (κ3) is 6.84. The molecule has 10 heteroatoms. The molecular formula is C27H37F2N5O3. The molecular weight excluding hydrogens is 480 g/mol. The Kier molecular flexibility index (Phi) is 7.85. The van der Waals surface area contributed by atoms with Crippen LogP contribution in [0.4, 0.5) is 8.78 Å². The summed E-state index contributed by atoms with van der Waals surface area (Å²) in [5, 5.41) is 13.7. The van der Waals surface area contributed by atoms with Gasteiger partial charge < -0.3 is 16.0 Å². The van der Waals surface area contributed by atoms with E-state index in [0.29, 0.717) is 31.3 Å². The third-order valence-corrected chi connectivity index (χ3v) is 7.22. The van der Waals surface area contributed by atoms with Crippen LogP contribution in [0, 0.1) is 17.3 Å². The Labute approximate surface area is 215 Å². The van der Waals surface area contributed by atoms with Crippen molar-refractivity contribution >= 4 is 28.6 Å². The molecule has 2 fully saturated rings. The molecule has 2 aliphatic carbocycles. The number of halogens is 2. The van der Waals surface area contributed by atoms with Crippen LogP contribution in [0.3, 0.4) is 0 Å². The van der Waals surface area contributed by atoms with Gasteiger partial charge in [-0.15, -0.1) is 0 Å². The van der Waals surface area contributed by atoms with Crippen molar-refractivity contribution in [2.45, 2.75) is 77.8 Å². The number of carbonyl (C=O) groups is 3. The molecule has 3 N–H and O–H groups in total. The number of para-hydroxylation sites is 1. The molecule has 2 saturated carbocycles. The lowest BCUT2D eigenvalue weighted by atomic mass is 9.86. The van der Waals surface area contributed by atoms with Crippen LogP contribution in [0.2, 0.25) is 0 Å². The van der Waals surface area contributed by atoms with Gasteiger partial charge in [0.2, 0.25) is 17.7 Å². The summed E-state index contributed by atoms with van der Waals surface area (Å²) < 4.78 is 28.9. The van der Waals surface area contributed by atoms with E-state index in [0.717, 1.165) is 18.4 Å². The Morgan fingerprint density at radius 3 is 2.35 bits per heavy atom. The van der Waals surface area contributed by atoms with E-state index >= 15 is 0 Å². The van der Waals surface area contributed by atoms with Gasteiger partial charge in [0.1, 0.15) is 6.04 Å². The fourth-order valence-electron chi connectivity index (χ4n) is 4.80. The lowest BCUT2D eigenvalue weighted by molar-refractivity contribution is -0.126. The quantitative estimate of drug-likeness (QED) is 0.442. The summed E-state index contributed by atoms with van der Waals surface area (Å²) in [7, 11) is 0. The van der Waals surface area contributed by atoms with Gasteiger partial charge in [-0.2, -0.15) is 5.10 Å². The van der Waals surface area contributed by atoms with E-state index in [-0.39, 0.29) is 48.7 Å². The minimum atomic E-state index is -2.60. The third-order valence-electron chi connectivity index (χ3n) is 7.22. The molecule has 1 atom stereocenters. The number of fused-ring (bicyclic) bond motifs is 1. The van der Waals surface area contributed by atoms with Gasteiger partial charge in [-0.25, -0.2) is 8.78 Å². The first-order chi connectivity index (χ1) is 17.4. The lowest BCUT2D eigenvalue weighted by Crippen LogP contribution is -2.54. The molecule has 1 unspecified atom stereocenters. The van der Waals surface area contributed by atoms with Crippen molar-refractivity contribution in [2.24, 2.45) is 17.3 Å². The highest BCUT2D eigenvalue weighted by Crippen LogP contribution is 2.37. The summed E-state index contributed by atoms with van der Waals surface area (Å²) >= 11 is 0. The highest BCUT2D eigenvalue weighted by Gasteiger charge is 2.36. The van der Waals surface area contributed by atoms with Crippen molar-refractivity contribution < 1.29 is 23.2 Å². The van der Waals surface area contributed by atoms with Crippen molar-refractivity contribution in [3.8, 4) is 0 Å². The smallest absolute Gasteiger partial charge is 0.273 e. The van der Waals surface area contributed by atoms with Gasteiger partial charge in [0.25, 0.3) is 5.91 Å². The molecule has 202 valence electrons. The van der Waals surface area contributed by atoms with E-state index in [1.165, 1.54) is 0 Å². The SMILES string of the molecule is CC(C)(C)C(NC(=O)c1nn(CC2CCC(F)(F)CC2)c2ccccc12)C(=O)NCCNC(=O)C1CC1. The minimum absolute atomic E-state index is 0.0133. The number of nitrogens with one attached hydrogen (secondary N) is 3. The summed E-state index contributed by atoms with van der Waals surface area (Å²) in [6.07, 6.45) is 2.40. The van der Waals surface area contributed by atoms with Crippen molar-refractivity contribution in [1.29, 1.82) is 0 Å². The molecule has 2 aliphatic rings. The van der Waals surface area contributed by atoms with Crippen LogP contribution in [-0.4, -0.2) is 52.6 Å². The van der Waals surface area contributed by atoms with E-state index in [1.54, 1.807) is 10.7 Å². The fraction of sp³-hybridized carbons (Fsp3) is 0.630. The summed E-state index contributed by atoms with van der Waals surface area (Å²) in [6.45, 7) is 6.64. The topological polar surface area (TPSA) is 105 Å². The van der Waals surface area contributed by atoms with Crippen LogP contribution < -0.4 is 16.0 Å². The second-order valence-electron chi connectivity index (χ2n) is 11.5. The van der Waals surface area contributed by atoms with Gasteiger partial charge in [0.15, 0.2) is 5.69 Å². The number of nitrogens with zero attached hydrogens (tertiary/aromatic N) is 2. The Morgan fingerprint density at radius 1 is 1.05 bits per heavy atom. The number of hydrogen-bond acceptors (Lipinski definition) is 4. The van der Waals surface area contributed by atoms with Gasteiger partial charge in [-0.1, -0.05) is 39.0 Å². The zero-order chi connectivity index (χ0) is 26.8. The molecule has 37 heavy (non-hydrogen) atoms. The van der Waals surface area contributed by atoms with Crippen molar-refractivity contribution in [3.05, 3.63) is 30.0 Å². The molecule has 0 bridgehead atoms. The van der Waals surface area contributed by atoms with Crippen LogP contribution in [0.1, 0.15) is 69.8 Å². The van der Waals surface area contributed by atoms with Crippen molar-refractivity contribution in [3.63, 3.8) is 0 Å². The number of carbonyl (C=O) groups excluding carboxylic acids is 3. The molecule has 0 aliphatic heterocycles. The van der Waals surface area contributed by atoms with Crippen molar-refractivity contribution in [2.75, 3.05) is 13.1 Å². The molecule has 4 rings (SSSR count). The van der Waals surface area contributed by atoms with Crippen LogP contribution in [0.15, 0.2) is 24.3 Å². The second-order valence-corrected chi connectivity index (χ2v) is 11.5. The largest absolute Gasteiger partial charge is 0.354 e. The number of alkyl halides is 2. The number of benzene rings is 1. The maximum Gasteiger partial charge on any atom is 0.273 e. The first-order valence-electron chi connectivity index (χ1n) is 13.1. The standard InChI is InChI=1S/C27H37F2N5O3/c1-26(2,3)22(25(37)31-15-14-30-23(35)18-8-9-18)32-24(36)21-19-6-4-5-7-20(19)34(33-21)16-17-10-12-27(28,29)13-11-17/h4-7,17-18,22H,8-16H2,1-3H3,(H,30,35)(H,31,37)(H,32,36). The average molecular weight is 518 g/mol. The summed E-state index contributed by atoms with van der Waals surface area (Å²) in [6, 6.07) is 6.50. The Bertz CT molecular complexity index is 1140. The van der Waals surface area contributed by atoms with Crippen molar-refractivity contribution in [1.82, 2.24) is 25.7 Å². The van der Waals surface area contributed by atoms with Crippen LogP contribution in [0.5, 0.6) is 0 Å². The molecule has 8 nitrogen and oxygen atoms in total. The molecule has 1 heterocycles. The molecule has 2 aromatic rings. The maximum atomic E-state index is 13.6. The van der Waals surface area contributed by atoms with Crippen LogP contribution >= 0.6 is 0 Å². The first-order valence-corrected chi connectivity index (χ1v) is 13.1. The van der Waals surface area contributed by atoms with Crippen LogP contribution in [-0.2, 0) is 16.1 Å². The zero-order valence-electron chi connectivity index (χ0n) is 21.8. The minimum Gasteiger partial charge on any atom is -0.354 e. The Balaban J connectivity index is 1.43. The number of amides is 3. The predicted octanol–water partition coefficient (Wildman–Crippen LogP) is 3.65. The predicted molar refractivity (Wildman–Crippen MR) is 136 cm³/mol. The van der Waals surface area contributed by atoms with E-state index < -0.39 is 23.3 Å². The summed E-state index contributed by atoms with van der Waals surface area (Å²) in [5.41, 5.74) is 0.381. The first kappa shape index (κ1) is 27.0. The molecule has 1 aromatic carbocycles. The summed E-state index contributed by atoms with van der Waals surface area (Å²) in [5.74, 6) is -3.23. The Hall–Kier alpha value is -3.04. The molecule has 3 amide bonds. The van der Waals surface area contributed by atoms with Gasteiger partial charge >= 0.3 is 0 Å².